The molecule has 2 aromatic carbocycles. The maximum Gasteiger partial charge on any atom is 0.216 e. The molecule has 3 N–H and O–H groups in total. The van der Waals surface area contributed by atoms with Crippen LogP contribution in [0.3, 0.4) is 0 Å². The minimum atomic E-state index is -3.42. The van der Waals surface area contributed by atoms with E-state index in [0.29, 0.717) is 19.0 Å². The second-order valence-corrected chi connectivity index (χ2v) is 10.2. The van der Waals surface area contributed by atoms with E-state index in [2.05, 4.69) is 20.3 Å². The fraction of sp³-hybridized carbons (Fsp3) is 0.435. The first-order valence-corrected chi connectivity index (χ1v) is 11.9. The summed E-state index contributed by atoms with van der Waals surface area (Å²) in [6.45, 7) is 8.63. The lowest BCUT2D eigenvalue weighted by Crippen LogP contribution is -2.43. The molecular formula is C23H34FIN4O2S. The van der Waals surface area contributed by atoms with Gasteiger partial charge in [0.05, 0.1) is 5.75 Å². The van der Waals surface area contributed by atoms with Crippen molar-refractivity contribution in [3.8, 4) is 0 Å². The van der Waals surface area contributed by atoms with E-state index in [1.54, 1.807) is 33.0 Å². The molecule has 178 valence electrons. The van der Waals surface area contributed by atoms with Gasteiger partial charge < -0.3 is 10.6 Å². The van der Waals surface area contributed by atoms with Crippen LogP contribution in [0.2, 0.25) is 0 Å². The molecule has 0 aliphatic rings. The number of hydrogen-bond acceptors (Lipinski definition) is 3. The molecular weight excluding hydrogens is 542 g/mol. The Kier molecular flexibility index (Phi) is 11.1. The average Bonchev–Trinajstić information content (AvgIpc) is 2.68. The zero-order valence-electron chi connectivity index (χ0n) is 19.3. The number of guanidine groups is 1. The Balaban J connectivity index is 0.00000512. The van der Waals surface area contributed by atoms with Gasteiger partial charge in [-0.1, -0.05) is 50.2 Å². The zero-order chi connectivity index (χ0) is 23.1. The van der Waals surface area contributed by atoms with Gasteiger partial charge in [-0.3, -0.25) is 4.99 Å². The molecule has 2 aromatic rings. The van der Waals surface area contributed by atoms with Gasteiger partial charge in [-0.05, 0) is 42.7 Å². The van der Waals surface area contributed by atoms with Gasteiger partial charge >= 0.3 is 0 Å². The van der Waals surface area contributed by atoms with Crippen molar-refractivity contribution in [3.05, 3.63) is 71.0 Å². The van der Waals surface area contributed by atoms with Crippen molar-refractivity contribution in [2.75, 3.05) is 13.6 Å². The SMILES string of the molecule is CN=C(NCc1ccccc1CS(=O)(=O)NC(C)C)NCC(C)(C)c1cccc(F)c1.I. The molecule has 2 rings (SSSR count). The van der Waals surface area contributed by atoms with E-state index < -0.39 is 10.0 Å². The summed E-state index contributed by atoms with van der Waals surface area (Å²) in [4.78, 5) is 4.25. The van der Waals surface area contributed by atoms with E-state index in [4.69, 9.17) is 0 Å². The number of nitrogens with one attached hydrogen (secondary N) is 3. The third-order valence-electron chi connectivity index (χ3n) is 4.85. The van der Waals surface area contributed by atoms with Crippen LogP contribution in [0, 0.1) is 5.82 Å². The van der Waals surface area contributed by atoms with Crippen molar-refractivity contribution < 1.29 is 12.8 Å². The fourth-order valence-corrected chi connectivity index (χ4v) is 4.68. The van der Waals surface area contributed by atoms with Crippen LogP contribution in [-0.2, 0) is 27.7 Å². The van der Waals surface area contributed by atoms with Crippen molar-refractivity contribution in [2.24, 2.45) is 4.99 Å². The molecule has 6 nitrogen and oxygen atoms in total. The summed E-state index contributed by atoms with van der Waals surface area (Å²) in [7, 11) is -1.74. The second kappa shape index (κ2) is 12.5. The number of hydrogen-bond donors (Lipinski definition) is 3. The van der Waals surface area contributed by atoms with Crippen LogP contribution >= 0.6 is 24.0 Å². The number of nitrogens with zero attached hydrogens (tertiary/aromatic N) is 1. The predicted molar refractivity (Wildman–Crippen MR) is 140 cm³/mol. The molecule has 0 heterocycles. The highest BCUT2D eigenvalue weighted by molar-refractivity contribution is 14.0. The van der Waals surface area contributed by atoms with Gasteiger partial charge in [-0.2, -0.15) is 0 Å². The van der Waals surface area contributed by atoms with Crippen LogP contribution in [0.1, 0.15) is 44.4 Å². The van der Waals surface area contributed by atoms with Gasteiger partial charge in [0.15, 0.2) is 5.96 Å². The van der Waals surface area contributed by atoms with Crippen LogP contribution in [0.4, 0.5) is 4.39 Å². The molecule has 0 radical (unpaired) electrons. The van der Waals surface area contributed by atoms with E-state index in [1.165, 1.54) is 6.07 Å². The zero-order valence-corrected chi connectivity index (χ0v) is 22.4. The molecule has 0 aliphatic heterocycles. The quantitative estimate of drug-likeness (QED) is 0.240. The van der Waals surface area contributed by atoms with Crippen LogP contribution < -0.4 is 15.4 Å². The Morgan fingerprint density at radius 1 is 1.06 bits per heavy atom. The first-order valence-electron chi connectivity index (χ1n) is 10.3. The lowest BCUT2D eigenvalue weighted by Gasteiger charge is -2.27. The molecule has 0 aromatic heterocycles. The molecule has 0 aliphatic carbocycles. The normalized spacial score (nSPS) is 12.4. The van der Waals surface area contributed by atoms with Crippen molar-refractivity contribution in [1.29, 1.82) is 0 Å². The van der Waals surface area contributed by atoms with Gasteiger partial charge in [-0.25, -0.2) is 17.5 Å². The smallest absolute Gasteiger partial charge is 0.216 e. The van der Waals surface area contributed by atoms with E-state index in [9.17, 15) is 12.8 Å². The van der Waals surface area contributed by atoms with Gasteiger partial charge in [-0.15, -0.1) is 24.0 Å². The number of sulfonamides is 1. The standard InChI is InChI=1S/C23H33FN4O2S.HI/c1-17(2)28-31(29,30)15-19-10-7-6-9-18(19)14-26-22(25-5)27-16-23(3,4)20-11-8-12-21(24)13-20;/h6-13,17,28H,14-16H2,1-5H3,(H2,25,26,27);1H. The molecule has 32 heavy (non-hydrogen) atoms. The summed E-state index contributed by atoms with van der Waals surface area (Å²) in [6.07, 6.45) is 0. The topological polar surface area (TPSA) is 82.6 Å². The Labute approximate surface area is 208 Å². The van der Waals surface area contributed by atoms with Crippen LogP contribution in [0.25, 0.3) is 0 Å². The highest BCUT2D eigenvalue weighted by Gasteiger charge is 2.21. The lowest BCUT2D eigenvalue weighted by molar-refractivity contribution is 0.503. The molecule has 0 saturated carbocycles. The fourth-order valence-electron chi connectivity index (χ4n) is 3.19. The second-order valence-electron chi connectivity index (χ2n) is 8.47. The maximum atomic E-state index is 13.6. The summed E-state index contributed by atoms with van der Waals surface area (Å²) in [6, 6.07) is 13.9. The van der Waals surface area contributed by atoms with E-state index in [1.807, 2.05) is 44.2 Å². The van der Waals surface area contributed by atoms with Crippen molar-refractivity contribution >= 4 is 40.0 Å². The molecule has 0 unspecified atom stereocenters. The van der Waals surface area contributed by atoms with Gasteiger partial charge in [0.2, 0.25) is 10.0 Å². The van der Waals surface area contributed by atoms with Crippen molar-refractivity contribution in [3.63, 3.8) is 0 Å². The molecule has 9 heteroatoms. The minimum Gasteiger partial charge on any atom is -0.356 e. The predicted octanol–water partition coefficient (Wildman–Crippen LogP) is 3.91. The summed E-state index contributed by atoms with van der Waals surface area (Å²) in [5.74, 6) is 0.246. The number of halogens is 2. The Morgan fingerprint density at radius 2 is 1.72 bits per heavy atom. The van der Waals surface area contributed by atoms with Crippen LogP contribution in [-0.4, -0.2) is 34.0 Å². The first kappa shape index (κ1) is 28.3. The largest absolute Gasteiger partial charge is 0.356 e. The lowest BCUT2D eigenvalue weighted by atomic mass is 9.84. The van der Waals surface area contributed by atoms with E-state index in [0.717, 1.165) is 16.7 Å². The summed E-state index contributed by atoms with van der Waals surface area (Å²) in [5.41, 5.74) is 2.19. The average molecular weight is 577 g/mol. The van der Waals surface area contributed by atoms with E-state index >= 15 is 0 Å². The number of rotatable bonds is 9. The Bertz CT molecular complexity index is 1010. The van der Waals surface area contributed by atoms with Crippen molar-refractivity contribution in [1.82, 2.24) is 15.4 Å². The van der Waals surface area contributed by atoms with Crippen LogP contribution in [0.5, 0.6) is 0 Å². The van der Waals surface area contributed by atoms with Crippen molar-refractivity contribution in [2.45, 2.75) is 51.4 Å². The molecule has 0 fully saturated rings. The summed E-state index contributed by atoms with van der Waals surface area (Å²) < 4.78 is 40.9. The van der Waals surface area contributed by atoms with Gasteiger partial charge in [0.25, 0.3) is 0 Å². The molecule has 0 amide bonds. The Hall–Kier alpha value is -1.72. The van der Waals surface area contributed by atoms with Gasteiger partial charge in [0, 0.05) is 31.6 Å². The maximum absolute atomic E-state index is 13.6. The van der Waals surface area contributed by atoms with Crippen LogP contribution in [0.15, 0.2) is 53.5 Å². The molecule has 0 bridgehead atoms. The Morgan fingerprint density at radius 3 is 2.31 bits per heavy atom. The summed E-state index contributed by atoms with van der Waals surface area (Å²) in [5, 5.41) is 6.52. The molecule has 0 atom stereocenters. The van der Waals surface area contributed by atoms with Gasteiger partial charge in [0.1, 0.15) is 5.82 Å². The third kappa shape index (κ3) is 9.03. The number of aliphatic imine (C=N–C) groups is 1. The minimum absolute atomic E-state index is 0. The third-order valence-corrected chi connectivity index (χ3v) is 6.37. The van der Waals surface area contributed by atoms with E-state index in [-0.39, 0.29) is 47.0 Å². The first-order chi connectivity index (χ1) is 14.5. The molecule has 0 spiro atoms. The monoisotopic (exact) mass is 576 g/mol. The molecule has 0 saturated heterocycles. The number of benzene rings is 2. The summed E-state index contributed by atoms with van der Waals surface area (Å²) >= 11 is 0. The highest BCUT2D eigenvalue weighted by atomic mass is 127. The highest BCUT2D eigenvalue weighted by Crippen LogP contribution is 2.22.